The molecule has 1 heterocycles. The van der Waals surface area contributed by atoms with Crippen LogP contribution in [0.1, 0.15) is 17.9 Å². The van der Waals surface area contributed by atoms with Crippen LogP contribution in [0, 0.1) is 0 Å². The van der Waals surface area contributed by atoms with Crippen LogP contribution in [0.2, 0.25) is 0 Å². The van der Waals surface area contributed by atoms with Crippen LogP contribution < -0.4 is 10.1 Å². The summed E-state index contributed by atoms with van der Waals surface area (Å²) in [4.78, 5) is 23.0. The molecule has 1 amide bonds. The number of fused-ring (bicyclic) bond motifs is 1. The number of ether oxygens (including phenoxy) is 2. The van der Waals surface area contributed by atoms with E-state index in [4.69, 9.17) is 4.74 Å². The zero-order valence-corrected chi connectivity index (χ0v) is 9.65. The van der Waals surface area contributed by atoms with Gasteiger partial charge < -0.3 is 14.8 Å². The first-order chi connectivity index (χ1) is 8.15. The number of methoxy groups -OCH3 is 2. The Bertz CT molecular complexity index is 470. The molecule has 5 heteroatoms. The molecule has 0 saturated carbocycles. The Labute approximate surface area is 98.7 Å². The van der Waals surface area contributed by atoms with E-state index < -0.39 is 11.9 Å². The second-order valence-electron chi connectivity index (χ2n) is 3.78. The maximum atomic E-state index is 11.7. The van der Waals surface area contributed by atoms with Crippen LogP contribution in [-0.2, 0) is 14.3 Å². The van der Waals surface area contributed by atoms with Crippen molar-refractivity contribution in [2.45, 2.75) is 12.3 Å². The average molecular weight is 235 g/mol. The lowest BCUT2D eigenvalue weighted by Gasteiger charge is -2.08. The number of anilines is 1. The number of esters is 1. The van der Waals surface area contributed by atoms with Gasteiger partial charge in [-0.25, -0.2) is 0 Å². The third kappa shape index (κ3) is 2.08. The Morgan fingerprint density at radius 2 is 2.18 bits per heavy atom. The molecule has 1 atom stereocenters. The zero-order chi connectivity index (χ0) is 12.4. The molecule has 1 aromatic rings. The van der Waals surface area contributed by atoms with E-state index in [0.717, 1.165) is 11.3 Å². The molecular formula is C12H13NO4. The van der Waals surface area contributed by atoms with Crippen LogP contribution in [0.15, 0.2) is 18.2 Å². The molecule has 17 heavy (non-hydrogen) atoms. The minimum Gasteiger partial charge on any atom is -0.497 e. The van der Waals surface area contributed by atoms with Crippen molar-refractivity contribution in [3.63, 3.8) is 0 Å². The van der Waals surface area contributed by atoms with Gasteiger partial charge in [-0.2, -0.15) is 0 Å². The molecule has 5 nitrogen and oxygen atoms in total. The lowest BCUT2D eigenvalue weighted by molar-refractivity contribution is -0.142. The van der Waals surface area contributed by atoms with Crippen LogP contribution >= 0.6 is 0 Å². The van der Waals surface area contributed by atoms with Crippen molar-refractivity contribution in [2.24, 2.45) is 0 Å². The van der Waals surface area contributed by atoms with E-state index in [1.54, 1.807) is 25.3 Å². The van der Waals surface area contributed by atoms with Gasteiger partial charge in [0.1, 0.15) is 5.75 Å². The molecule has 0 aromatic heterocycles. The van der Waals surface area contributed by atoms with Crippen LogP contribution in [0.25, 0.3) is 0 Å². The summed E-state index contributed by atoms with van der Waals surface area (Å²) in [5, 5.41) is 2.73. The SMILES string of the molecule is COC(=O)C[C@@H]1C(=O)Nc2ccc(OC)cc21. The van der Waals surface area contributed by atoms with Crippen molar-refractivity contribution in [1.82, 2.24) is 0 Å². The lowest BCUT2D eigenvalue weighted by Crippen LogP contribution is -2.16. The van der Waals surface area contributed by atoms with E-state index in [1.165, 1.54) is 7.11 Å². The monoisotopic (exact) mass is 235 g/mol. The van der Waals surface area contributed by atoms with Crippen LogP contribution in [-0.4, -0.2) is 26.1 Å². The molecule has 0 bridgehead atoms. The number of hydrogen-bond donors (Lipinski definition) is 1. The van der Waals surface area contributed by atoms with E-state index in [0.29, 0.717) is 5.75 Å². The molecule has 1 N–H and O–H groups in total. The number of rotatable bonds is 3. The summed E-state index contributed by atoms with van der Waals surface area (Å²) in [6, 6.07) is 5.30. The van der Waals surface area contributed by atoms with Gasteiger partial charge in [-0.15, -0.1) is 0 Å². The maximum absolute atomic E-state index is 11.7. The Morgan fingerprint density at radius 1 is 1.41 bits per heavy atom. The molecule has 1 aliphatic heterocycles. The van der Waals surface area contributed by atoms with Gasteiger partial charge in [0.2, 0.25) is 5.91 Å². The summed E-state index contributed by atoms with van der Waals surface area (Å²) in [7, 11) is 2.86. The predicted octanol–water partition coefficient (Wildman–Crippen LogP) is 1.29. The second kappa shape index (κ2) is 4.45. The summed E-state index contributed by atoms with van der Waals surface area (Å²) < 4.78 is 9.68. The first-order valence-corrected chi connectivity index (χ1v) is 5.21. The van der Waals surface area contributed by atoms with Crippen molar-refractivity contribution in [2.75, 3.05) is 19.5 Å². The highest BCUT2D eigenvalue weighted by molar-refractivity contribution is 6.04. The highest BCUT2D eigenvalue weighted by Crippen LogP contribution is 2.37. The van der Waals surface area contributed by atoms with Crippen molar-refractivity contribution in [3.05, 3.63) is 23.8 Å². The summed E-state index contributed by atoms with van der Waals surface area (Å²) in [6.45, 7) is 0. The van der Waals surface area contributed by atoms with Crippen LogP contribution in [0.5, 0.6) is 5.75 Å². The number of hydrogen-bond acceptors (Lipinski definition) is 4. The van der Waals surface area contributed by atoms with Gasteiger partial charge in [-0.05, 0) is 23.8 Å². The van der Waals surface area contributed by atoms with Gasteiger partial charge in [-0.3, -0.25) is 9.59 Å². The van der Waals surface area contributed by atoms with Gasteiger partial charge in [0.05, 0.1) is 26.6 Å². The van der Waals surface area contributed by atoms with Crippen LogP contribution in [0.3, 0.4) is 0 Å². The number of nitrogens with one attached hydrogen (secondary N) is 1. The third-order valence-electron chi connectivity index (χ3n) is 2.81. The molecule has 1 aromatic carbocycles. The standard InChI is InChI=1S/C12H13NO4/c1-16-7-3-4-10-8(5-7)9(12(15)13-10)6-11(14)17-2/h3-5,9H,6H2,1-2H3,(H,13,15)/t9-/m0/s1. The molecule has 0 fully saturated rings. The molecule has 0 saturated heterocycles. The molecule has 0 spiro atoms. The highest BCUT2D eigenvalue weighted by Gasteiger charge is 2.32. The smallest absolute Gasteiger partial charge is 0.306 e. The molecule has 0 aliphatic carbocycles. The minimum absolute atomic E-state index is 0.0441. The fraction of sp³-hybridized carbons (Fsp3) is 0.333. The van der Waals surface area contributed by atoms with Gasteiger partial charge in [0.25, 0.3) is 0 Å². The summed E-state index contributed by atoms with van der Waals surface area (Å²) in [5.74, 6) is -0.415. The van der Waals surface area contributed by atoms with E-state index >= 15 is 0 Å². The quantitative estimate of drug-likeness (QED) is 0.802. The Balaban J connectivity index is 2.31. The van der Waals surface area contributed by atoms with Crippen molar-refractivity contribution >= 4 is 17.6 Å². The van der Waals surface area contributed by atoms with Crippen molar-refractivity contribution in [1.29, 1.82) is 0 Å². The summed E-state index contributed by atoms with van der Waals surface area (Å²) in [6.07, 6.45) is 0.0441. The second-order valence-corrected chi connectivity index (χ2v) is 3.78. The number of carbonyl (C=O) groups is 2. The van der Waals surface area contributed by atoms with E-state index in [1.807, 2.05) is 0 Å². The normalized spacial score (nSPS) is 17.3. The van der Waals surface area contributed by atoms with Crippen molar-refractivity contribution in [3.8, 4) is 5.75 Å². The molecule has 90 valence electrons. The molecule has 1 aliphatic rings. The topological polar surface area (TPSA) is 64.6 Å². The van der Waals surface area contributed by atoms with E-state index in [2.05, 4.69) is 10.1 Å². The first kappa shape index (κ1) is 11.4. The fourth-order valence-corrected chi connectivity index (χ4v) is 1.88. The Morgan fingerprint density at radius 3 is 2.82 bits per heavy atom. The highest BCUT2D eigenvalue weighted by atomic mass is 16.5. The molecule has 0 unspecified atom stereocenters. The van der Waals surface area contributed by atoms with Gasteiger partial charge in [-0.1, -0.05) is 0 Å². The maximum Gasteiger partial charge on any atom is 0.306 e. The Hall–Kier alpha value is -2.04. The summed E-state index contributed by atoms with van der Waals surface area (Å²) >= 11 is 0. The average Bonchev–Trinajstić information content (AvgIpc) is 2.65. The summed E-state index contributed by atoms with van der Waals surface area (Å²) in [5.41, 5.74) is 1.50. The third-order valence-corrected chi connectivity index (χ3v) is 2.81. The van der Waals surface area contributed by atoms with Crippen molar-refractivity contribution < 1.29 is 19.1 Å². The van der Waals surface area contributed by atoms with E-state index in [9.17, 15) is 9.59 Å². The number of amides is 1. The fourth-order valence-electron chi connectivity index (χ4n) is 1.88. The molecule has 0 radical (unpaired) electrons. The number of carbonyl (C=O) groups excluding carboxylic acids is 2. The van der Waals surface area contributed by atoms with Gasteiger partial charge in [0, 0.05) is 5.69 Å². The molecular weight excluding hydrogens is 222 g/mol. The predicted molar refractivity (Wildman–Crippen MR) is 61.0 cm³/mol. The van der Waals surface area contributed by atoms with Crippen LogP contribution in [0.4, 0.5) is 5.69 Å². The number of benzene rings is 1. The Kier molecular flexibility index (Phi) is 2.99. The zero-order valence-electron chi connectivity index (χ0n) is 9.65. The first-order valence-electron chi connectivity index (χ1n) is 5.21. The lowest BCUT2D eigenvalue weighted by atomic mass is 9.97. The van der Waals surface area contributed by atoms with Gasteiger partial charge in [0.15, 0.2) is 0 Å². The largest absolute Gasteiger partial charge is 0.497 e. The molecule has 2 rings (SSSR count). The minimum atomic E-state index is -0.493. The van der Waals surface area contributed by atoms with Gasteiger partial charge >= 0.3 is 5.97 Å². The van der Waals surface area contributed by atoms with E-state index in [-0.39, 0.29) is 12.3 Å².